The topological polar surface area (TPSA) is 41.9 Å². The van der Waals surface area contributed by atoms with Crippen LogP contribution >= 0.6 is 0 Å². The summed E-state index contributed by atoms with van der Waals surface area (Å²) in [7, 11) is 0. The summed E-state index contributed by atoms with van der Waals surface area (Å²) in [6, 6.07) is 1.84. The Labute approximate surface area is 131 Å². The van der Waals surface area contributed by atoms with E-state index < -0.39 is 6.08 Å². The molecule has 0 saturated heterocycles. The lowest BCUT2D eigenvalue weighted by atomic mass is 10.1. The van der Waals surface area contributed by atoms with Crippen LogP contribution in [0, 0.1) is 13.0 Å². The lowest BCUT2D eigenvalue weighted by Crippen LogP contribution is -2.32. The molecule has 0 aromatic carbocycles. The molecule has 0 N–H and O–H groups in total. The van der Waals surface area contributed by atoms with Crippen molar-refractivity contribution in [2.75, 3.05) is 18.0 Å². The van der Waals surface area contributed by atoms with Gasteiger partial charge in [0.1, 0.15) is 5.82 Å². The van der Waals surface area contributed by atoms with E-state index in [-0.39, 0.29) is 0 Å². The third-order valence-corrected chi connectivity index (χ3v) is 3.79. The quantitative estimate of drug-likeness (QED) is 0.631. The van der Waals surface area contributed by atoms with Crippen LogP contribution in [0.15, 0.2) is 6.07 Å². The van der Waals surface area contributed by atoms with Gasteiger partial charge in [0.05, 0.1) is 16.6 Å². The van der Waals surface area contributed by atoms with Gasteiger partial charge in [-0.25, -0.2) is 4.98 Å². The zero-order valence-electron chi connectivity index (χ0n) is 14.0. The Morgan fingerprint density at radius 1 is 1.18 bits per heavy atom. The summed E-state index contributed by atoms with van der Waals surface area (Å²) in [5, 5.41) is 0.930. The second kappa shape index (κ2) is 7.47. The number of anilines is 1. The number of aromatic nitrogens is 3. The fourth-order valence-electron chi connectivity index (χ4n) is 2.85. The number of unbranched alkanes of at least 4 members (excludes halogenated alkanes) is 2. The van der Waals surface area contributed by atoms with Gasteiger partial charge < -0.3 is 4.90 Å². The second-order valence-electron chi connectivity index (χ2n) is 5.36. The van der Waals surface area contributed by atoms with Gasteiger partial charge in [-0.15, -0.1) is 0 Å². The molecule has 0 saturated carbocycles. The van der Waals surface area contributed by atoms with E-state index in [2.05, 4.69) is 26.8 Å². The van der Waals surface area contributed by atoms with E-state index in [1.54, 1.807) is 0 Å². The molecule has 22 heavy (non-hydrogen) atoms. The van der Waals surface area contributed by atoms with E-state index in [1.165, 1.54) is 12.8 Å². The van der Waals surface area contributed by atoms with Crippen molar-refractivity contribution >= 4 is 16.7 Å². The van der Waals surface area contributed by atoms with Crippen molar-refractivity contribution in [3.63, 3.8) is 0 Å². The van der Waals surface area contributed by atoms with Gasteiger partial charge in [0, 0.05) is 25.2 Å². The predicted molar refractivity (Wildman–Crippen MR) is 88.8 cm³/mol. The fourth-order valence-corrected chi connectivity index (χ4v) is 2.85. The Hall–Kier alpha value is -1.78. The van der Waals surface area contributed by atoms with Gasteiger partial charge >= 0.3 is 6.08 Å². The Bertz CT molecular complexity index is 637. The molecule has 0 fully saturated rings. The highest BCUT2D eigenvalue weighted by Crippen LogP contribution is 2.31. The first kappa shape index (κ1) is 16.6. The first-order valence-electron chi connectivity index (χ1n) is 8.27. The Morgan fingerprint density at radius 2 is 1.95 bits per heavy atom. The molecule has 0 radical (unpaired) electrons. The van der Waals surface area contributed by atoms with Crippen LogP contribution in [0.3, 0.4) is 0 Å². The summed E-state index contributed by atoms with van der Waals surface area (Å²) in [6.45, 7) is 9.88. The largest absolute Gasteiger partial charge is 0.355 e. The zero-order valence-corrected chi connectivity index (χ0v) is 14.0. The zero-order chi connectivity index (χ0) is 16.1. The van der Waals surface area contributed by atoms with Crippen molar-refractivity contribution in [2.24, 2.45) is 0 Å². The molecule has 5 heteroatoms. The first-order chi connectivity index (χ1) is 10.7. The highest BCUT2D eigenvalue weighted by atomic mass is 19.1. The Morgan fingerprint density at radius 3 is 2.68 bits per heavy atom. The van der Waals surface area contributed by atoms with Gasteiger partial charge in [-0.05, 0) is 19.4 Å². The second-order valence-corrected chi connectivity index (χ2v) is 5.36. The minimum atomic E-state index is -0.647. The van der Waals surface area contributed by atoms with Crippen LogP contribution < -0.4 is 4.90 Å². The molecule has 1 aliphatic heterocycles. The minimum absolute atomic E-state index is 0.647. The average molecular weight is 304 g/mol. The molecule has 3 heterocycles. The number of rotatable bonds is 4. The monoisotopic (exact) mass is 304 g/mol. The summed E-state index contributed by atoms with van der Waals surface area (Å²) in [5.74, 6) is 0.720. The van der Waals surface area contributed by atoms with Crippen molar-refractivity contribution in [2.45, 2.75) is 53.4 Å². The van der Waals surface area contributed by atoms with Crippen molar-refractivity contribution in [1.82, 2.24) is 15.0 Å². The van der Waals surface area contributed by atoms with Crippen LogP contribution in [0.25, 0.3) is 10.9 Å². The first-order valence-corrected chi connectivity index (χ1v) is 8.27. The smallest absolute Gasteiger partial charge is 0.311 e. The van der Waals surface area contributed by atoms with E-state index in [0.717, 1.165) is 48.5 Å². The third kappa shape index (κ3) is 3.34. The number of nitrogens with zero attached hydrogens (tertiary/aromatic N) is 4. The molecule has 0 amide bonds. The van der Waals surface area contributed by atoms with Crippen LogP contribution in [-0.2, 0) is 6.42 Å². The van der Waals surface area contributed by atoms with E-state index in [1.807, 2.05) is 26.8 Å². The summed E-state index contributed by atoms with van der Waals surface area (Å²) in [4.78, 5) is 14.7. The van der Waals surface area contributed by atoms with Crippen molar-refractivity contribution in [3.05, 3.63) is 23.5 Å². The van der Waals surface area contributed by atoms with Crippen molar-refractivity contribution in [1.29, 1.82) is 0 Å². The SMILES string of the molecule is CC.CCCCCN1CCc2nc(C)cc3nc(F)nc1c23. The molecule has 4 nitrogen and oxygen atoms in total. The normalized spacial score (nSPS) is 13.0. The molecule has 0 aliphatic carbocycles. The summed E-state index contributed by atoms with van der Waals surface area (Å²) < 4.78 is 13.7. The maximum atomic E-state index is 13.7. The van der Waals surface area contributed by atoms with Crippen LogP contribution in [0.1, 0.15) is 51.4 Å². The maximum Gasteiger partial charge on any atom is 0.311 e. The average Bonchev–Trinajstić information content (AvgIpc) is 2.51. The molecule has 0 unspecified atom stereocenters. The summed E-state index contributed by atoms with van der Waals surface area (Å²) >= 11 is 0. The van der Waals surface area contributed by atoms with Crippen molar-refractivity contribution in [3.8, 4) is 0 Å². The number of aryl methyl sites for hydroxylation is 1. The van der Waals surface area contributed by atoms with E-state index in [0.29, 0.717) is 5.52 Å². The molecular weight excluding hydrogens is 279 g/mol. The van der Waals surface area contributed by atoms with E-state index in [9.17, 15) is 4.39 Å². The Balaban J connectivity index is 0.000000847. The maximum absolute atomic E-state index is 13.7. The highest BCUT2D eigenvalue weighted by Gasteiger charge is 2.23. The molecule has 120 valence electrons. The molecule has 0 spiro atoms. The van der Waals surface area contributed by atoms with E-state index in [4.69, 9.17) is 0 Å². The standard InChI is InChI=1S/C15H19FN4.C2H6/c1-3-4-5-7-20-8-6-11-13-12(9-10(2)17-11)18-15(16)19-14(13)20;1-2/h9H,3-8H2,1-2H3;1-2H3. The predicted octanol–water partition coefficient (Wildman–Crippen LogP) is 4.05. The van der Waals surface area contributed by atoms with Crippen molar-refractivity contribution < 1.29 is 4.39 Å². The molecule has 2 aromatic rings. The molecule has 1 aliphatic rings. The molecule has 2 aromatic heterocycles. The summed E-state index contributed by atoms with van der Waals surface area (Å²) in [5.41, 5.74) is 2.56. The van der Waals surface area contributed by atoms with Gasteiger partial charge in [-0.1, -0.05) is 33.6 Å². The van der Waals surface area contributed by atoms with Gasteiger partial charge in [0.2, 0.25) is 0 Å². The van der Waals surface area contributed by atoms with Crippen LogP contribution in [0.5, 0.6) is 0 Å². The number of pyridine rings is 1. The molecule has 3 rings (SSSR count). The van der Waals surface area contributed by atoms with Gasteiger partial charge in [0.15, 0.2) is 0 Å². The lowest BCUT2D eigenvalue weighted by molar-refractivity contribution is 0.539. The number of hydrogen-bond donors (Lipinski definition) is 0. The van der Waals surface area contributed by atoms with Crippen LogP contribution in [0.4, 0.5) is 10.2 Å². The molecule has 0 atom stereocenters. The van der Waals surface area contributed by atoms with Gasteiger partial charge in [0.25, 0.3) is 0 Å². The van der Waals surface area contributed by atoms with Gasteiger partial charge in [-0.3, -0.25) is 4.98 Å². The highest BCUT2D eigenvalue weighted by molar-refractivity contribution is 5.92. The van der Waals surface area contributed by atoms with Crippen LogP contribution in [0.2, 0.25) is 0 Å². The van der Waals surface area contributed by atoms with E-state index >= 15 is 0 Å². The van der Waals surface area contributed by atoms with Gasteiger partial charge in [-0.2, -0.15) is 9.37 Å². The third-order valence-electron chi connectivity index (χ3n) is 3.79. The number of hydrogen-bond acceptors (Lipinski definition) is 4. The fraction of sp³-hybridized carbons (Fsp3) is 0.588. The molecule has 0 bridgehead atoms. The Kier molecular flexibility index (Phi) is 5.63. The summed E-state index contributed by atoms with van der Waals surface area (Å²) in [6.07, 6.45) is 3.71. The lowest BCUT2D eigenvalue weighted by Gasteiger charge is -2.29. The minimum Gasteiger partial charge on any atom is -0.355 e. The van der Waals surface area contributed by atoms with Crippen LogP contribution in [-0.4, -0.2) is 28.0 Å². The number of halogens is 1. The molecular formula is C17H25FN4.